The molecule has 2 N–H and O–H groups in total. The summed E-state index contributed by atoms with van der Waals surface area (Å²) >= 11 is 0. The molecule has 0 saturated heterocycles. The van der Waals surface area contributed by atoms with Crippen LogP contribution in [0.1, 0.15) is 15.9 Å². The van der Waals surface area contributed by atoms with E-state index in [4.69, 9.17) is 9.66 Å². The highest BCUT2D eigenvalue weighted by atomic mass is 32.2. The van der Waals surface area contributed by atoms with Gasteiger partial charge in [-0.2, -0.15) is 18.6 Å². The minimum absolute atomic E-state index is 0.140. The van der Waals surface area contributed by atoms with Crippen molar-refractivity contribution in [3.63, 3.8) is 0 Å². The molecular formula is C14H12N2O5S. The molecule has 0 fully saturated rings. The van der Waals surface area contributed by atoms with Crippen molar-refractivity contribution in [3.05, 3.63) is 59.7 Å². The molecule has 22 heavy (non-hydrogen) atoms. The molecule has 0 amide bonds. The number of aromatic carboxylic acids is 1. The number of carbonyl (C=O) groups is 1. The summed E-state index contributed by atoms with van der Waals surface area (Å²) in [6.07, 6.45) is 0. The Kier molecular flexibility index (Phi) is 4.64. The van der Waals surface area contributed by atoms with Crippen molar-refractivity contribution in [3.8, 4) is 0 Å². The molecule has 0 unspecified atom stereocenters. The molecule has 2 aromatic carbocycles. The van der Waals surface area contributed by atoms with Crippen LogP contribution < -0.4 is 0 Å². The molecule has 0 aliphatic rings. The summed E-state index contributed by atoms with van der Waals surface area (Å²) < 4.78 is 31.2. The highest BCUT2D eigenvalue weighted by molar-refractivity contribution is 7.85. The number of hydrogen-bond donors (Lipinski definition) is 2. The summed E-state index contributed by atoms with van der Waals surface area (Å²) in [7, 11) is -4.44. The van der Waals surface area contributed by atoms with Gasteiger partial charge in [0.2, 0.25) is 0 Å². The Morgan fingerprint density at radius 2 is 1.77 bits per heavy atom. The number of benzene rings is 2. The largest absolute Gasteiger partial charge is 0.478 e. The van der Waals surface area contributed by atoms with Crippen molar-refractivity contribution >= 4 is 21.8 Å². The Bertz CT molecular complexity index is 816. The van der Waals surface area contributed by atoms with Crippen LogP contribution in [0.25, 0.3) is 0 Å². The summed E-state index contributed by atoms with van der Waals surface area (Å²) in [6.45, 7) is 0.218. The van der Waals surface area contributed by atoms with Crippen LogP contribution in [0.4, 0.5) is 5.69 Å². The minimum atomic E-state index is -4.44. The maximum Gasteiger partial charge on any atom is 0.337 e. The van der Waals surface area contributed by atoms with E-state index in [1.165, 1.54) is 0 Å². The van der Waals surface area contributed by atoms with Gasteiger partial charge in [-0.15, -0.1) is 0 Å². The number of azo groups is 1. The fraction of sp³-hybridized carbons (Fsp3) is 0.0714. The van der Waals surface area contributed by atoms with Crippen molar-refractivity contribution < 1.29 is 22.9 Å². The van der Waals surface area contributed by atoms with Crippen LogP contribution >= 0.6 is 0 Å². The van der Waals surface area contributed by atoms with Gasteiger partial charge in [-0.1, -0.05) is 30.3 Å². The average Bonchev–Trinajstić information content (AvgIpc) is 2.47. The lowest BCUT2D eigenvalue weighted by Crippen LogP contribution is -2.01. The minimum Gasteiger partial charge on any atom is -0.478 e. The van der Waals surface area contributed by atoms with Crippen LogP contribution in [0, 0.1) is 0 Å². The molecule has 0 radical (unpaired) electrons. The molecule has 0 bridgehead atoms. The molecule has 0 aliphatic carbocycles. The van der Waals surface area contributed by atoms with E-state index in [1.54, 1.807) is 0 Å². The standard InChI is InChI=1S/C14H12N2O5S/c17-14(18)12-7-6-11(22(19,20)21)8-13(12)16-15-9-10-4-2-1-3-5-10/h1-8H,9H2,(H,17,18)(H,19,20,21). The maximum absolute atomic E-state index is 11.1. The SMILES string of the molecule is O=C(O)c1ccc(S(=O)(=O)O)cc1N=NCc1ccccc1. The van der Waals surface area contributed by atoms with Gasteiger partial charge >= 0.3 is 5.97 Å². The predicted octanol–water partition coefficient (Wildman–Crippen LogP) is 2.92. The van der Waals surface area contributed by atoms with Crippen LogP contribution in [-0.2, 0) is 16.7 Å². The van der Waals surface area contributed by atoms with Crippen LogP contribution in [0.5, 0.6) is 0 Å². The first-order valence-corrected chi connectivity index (χ1v) is 7.58. The first kappa shape index (κ1) is 15.8. The first-order valence-electron chi connectivity index (χ1n) is 6.14. The number of carboxylic acid groups (broad SMARTS) is 1. The molecule has 2 rings (SSSR count). The quantitative estimate of drug-likeness (QED) is 0.649. The van der Waals surface area contributed by atoms with Gasteiger partial charge in [-0.3, -0.25) is 4.55 Å². The molecule has 0 heterocycles. The second-order valence-electron chi connectivity index (χ2n) is 4.34. The van der Waals surface area contributed by atoms with Crippen molar-refractivity contribution in [2.75, 3.05) is 0 Å². The smallest absolute Gasteiger partial charge is 0.337 e. The summed E-state index contributed by atoms with van der Waals surface area (Å²) in [5.74, 6) is -1.27. The number of carboxylic acids is 1. The van der Waals surface area contributed by atoms with E-state index in [2.05, 4.69) is 10.2 Å². The molecule has 8 heteroatoms. The molecule has 0 atom stereocenters. The van der Waals surface area contributed by atoms with Gasteiger partial charge in [0.25, 0.3) is 10.1 Å². The van der Waals surface area contributed by atoms with Crippen LogP contribution in [-0.4, -0.2) is 24.0 Å². The fourth-order valence-corrected chi connectivity index (χ4v) is 2.21. The topological polar surface area (TPSA) is 116 Å². The second kappa shape index (κ2) is 6.46. The Morgan fingerprint density at radius 1 is 1.09 bits per heavy atom. The average molecular weight is 320 g/mol. The van der Waals surface area contributed by atoms with Gasteiger partial charge in [-0.25, -0.2) is 4.79 Å². The number of nitrogens with zero attached hydrogens (tertiary/aromatic N) is 2. The molecular weight excluding hydrogens is 308 g/mol. The zero-order valence-electron chi connectivity index (χ0n) is 11.2. The molecule has 7 nitrogen and oxygen atoms in total. The summed E-state index contributed by atoms with van der Waals surface area (Å²) in [5, 5.41) is 16.7. The van der Waals surface area contributed by atoms with Gasteiger partial charge in [0.15, 0.2) is 0 Å². The third-order valence-corrected chi connectivity index (χ3v) is 3.62. The zero-order valence-corrected chi connectivity index (χ0v) is 12.1. The molecule has 0 spiro atoms. The fourth-order valence-electron chi connectivity index (χ4n) is 1.71. The van der Waals surface area contributed by atoms with Gasteiger partial charge in [0.1, 0.15) is 5.69 Å². The van der Waals surface area contributed by atoms with E-state index < -0.39 is 21.0 Å². The van der Waals surface area contributed by atoms with E-state index in [-0.39, 0.29) is 17.8 Å². The highest BCUT2D eigenvalue weighted by Gasteiger charge is 2.16. The first-order chi connectivity index (χ1) is 10.4. The zero-order chi connectivity index (χ0) is 16.2. The third kappa shape index (κ3) is 3.96. The Labute approximate surface area is 126 Å². The Morgan fingerprint density at radius 3 is 2.36 bits per heavy atom. The van der Waals surface area contributed by atoms with Crippen molar-refractivity contribution in [1.82, 2.24) is 0 Å². The van der Waals surface area contributed by atoms with Crippen molar-refractivity contribution in [2.45, 2.75) is 11.4 Å². The number of rotatable bonds is 5. The van der Waals surface area contributed by atoms with Crippen molar-refractivity contribution in [1.29, 1.82) is 0 Å². The van der Waals surface area contributed by atoms with Gasteiger partial charge in [-0.05, 0) is 23.8 Å². The molecule has 114 valence electrons. The Balaban J connectivity index is 2.33. The van der Waals surface area contributed by atoms with E-state index in [0.29, 0.717) is 0 Å². The van der Waals surface area contributed by atoms with E-state index >= 15 is 0 Å². The van der Waals surface area contributed by atoms with Crippen molar-refractivity contribution in [2.24, 2.45) is 10.2 Å². The maximum atomic E-state index is 11.1. The summed E-state index contributed by atoms with van der Waals surface area (Å²) in [5.41, 5.74) is 0.525. The lowest BCUT2D eigenvalue weighted by molar-refractivity contribution is 0.0697. The summed E-state index contributed by atoms with van der Waals surface area (Å²) in [6, 6.07) is 12.2. The molecule has 0 aliphatic heterocycles. The van der Waals surface area contributed by atoms with E-state index in [1.807, 2.05) is 30.3 Å². The highest BCUT2D eigenvalue weighted by Crippen LogP contribution is 2.24. The monoisotopic (exact) mass is 320 g/mol. The number of hydrogen-bond acceptors (Lipinski definition) is 5. The van der Waals surface area contributed by atoms with E-state index in [0.717, 1.165) is 23.8 Å². The second-order valence-corrected chi connectivity index (χ2v) is 5.77. The molecule has 0 saturated carbocycles. The van der Waals surface area contributed by atoms with Crippen LogP contribution in [0.15, 0.2) is 63.7 Å². The molecule has 2 aromatic rings. The molecule has 0 aromatic heterocycles. The van der Waals surface area contributed by atoms with Crippen LogP contribution in [0.2, 0.25) is 0 Å². The normalized spacial score (nSPS) is 11.7. The predicted molar refractivity (Wildman–Crippen MR) is 77.9 cm³/mol. The van der Waals surface area contributed by atoms with Gasteiger partial charge in [0, 0.05) is 0 Å². The lowest BCUT2D eigenvalue weighted by Gasteiger charge is -2.03. The lowest BCUT2D eigenvalue weighted by atomic mass is 10.2. The van der Waals surface area contributed by atoms with E-state index in [9.17, 15) is 13.2 Å². The summed E-state index contributed by atoms with van der Waals surface area (Å²) in [4.78, 5) is 10.7. The van der Waals surface area contributed by atoms with Gasteiger partial charge in [0.05, 0.1) is 17.0 Å². The van der Waals surface area contributed by atoms with Crippen LogP contribution in [0.3, 0.4) is 0 Å². The Hall–Kier alpha value is -2.58. The third-order valence-electron chi connectivity index (χ3n) is 2.77. The van der Waals surface area contributed by atoms with Gasteiger partial charge < -0.3 is 5.11 Å².